The first-order valence-electron chi connectivity index (χ1n) is 11.3. The van der Waals surface area contributed by atoms with Crippen molar-refractivity contribution in [3.05, 3.63) is 79.0 Å². The fourth-order valence-corrected chi connectivity index (χ4v) is 5.53. The quantitative estimate of drug-likeness (QED) is 0.350. The molecule has 4 heterocycles. The summed E-state index contributed by atoms with van der Waals surface area (Å²) in [5.41, 5.74) is 4.56. The highest BCUT2D eigenvalue weighted by molar-refractivity contribution is 7.91. The van der Waals surface area contributed by atoms with Gasteiger partial charge in [-0.15, -0.1) is 0 Å². The van der Waals surface area contributed by atoms with Crippen LogP contribution in [0.3, 0.4) is 0 Å². The highest BCUT2D eigenvalue weighted by atomic mass is 32.2. The molecule has 1 aliphatic rings. The van der Waals surface area contributed by atoms with Crippen molar-refractivity contribution in [2.24, 2.45) is 0 Å². The van der Waals surface area contributed by atoms with E-state index in [9.17, 15) is 12.8 Å². The van der Waals surface area contributed by atoms with Crippen LogP contribution < -0.4 is 0 Å². The van der Waals surface area contributed by atoms with Gasteiger partial charge in [-0.05, 0) is 43.2 Å². The Morgan fingerprint density at radius 3 is 2.31 bits per heavy atom. The smallest absolute Gasteiger partial charge is 0.230 e. The number of nitrogens with zero attached hydrogens (tertiary/aromatic N) is 3. The molecule has 35 heavy (non-hydrogen) atoms. The van der Waals surface area contributed by atoms with Crippen molar-refractivity contribution in [3.8, 4) is 33.8 Å². The minimum absolute atomic E-state index is 0.286. The minimum Gasteiger partial charge on any atom is -0.438 e. The molecule has 1 aliphatic heterocycles. The Hall–Kier alpha value is -3.85. The molecule has 0 atom stereocenters. The van der Waals surface area contributed by atoms with Crippen LogP contribution in [0.25, 0.3) is 44.9 Å². The Labute approximate surface area is 202 Å². The maximum atomic E-state index is 13.3. The van der Waals surface area contributed by atoms with Crippen molar-refractivity contribution in [1.29, 1.82) is 0 Å². The first-order chi connectivity index (χ1) is 17.0. The van der Waals surface area contributed by atoms with E-state index in [0.717, 1.165) is 52.8 Å². The summed E-state index contributed by atoms with van der Waals surface area (Å²) in [7, 11) is -2.58. The second-order valence-electron chi connectivity index (χ2n) is 8.30. The number of nitrogens with one attached hydrogen (secondary N) is 1. The van der Waals surface area contributed by atoms with Crippen molar-refractivity contribution in [1.82, 2.24) is 20.2 Å². The second kappa shape index (κ2) is 9.79. The molecule has 0 amide bonds. The minimum atomic E-state index is -2.58. The van der Waals surface area contributed by atoms with Crippen LogP contribution in [-0.2, 0) is 9.84 Å². The number of aromatic nitrogens is 4. The standard InChI is InChI=1S/C21H13FN4O.C5H10O2S/c22-15-8-6-14(7-9-15)19-17(11-25-26-19)20-16-10-18(13-4-2-1-3-5-13)27-21(16)24-12-23-20;6-8(7)4-2-1-3-5-8/h1-12H,(H,25,26);1-5H2. The predicted octanol–water partition coefficient (Wildman–Crippen LogP) is 5.67. The summed E-state index contributed by atoms with van der Waals surface area (Å²) in [6.07, 6.45) is 6.02. The molecule has 5 aromatic rings. The molecule has 1 N–H and O–H groups in total. The van der Waals surface area contributed by atoms with Crippen LogP contribution in [-0.4, -0.2) is 40.1 Å². The van der Waals surface area contributed by atoms with Gasteiger partial charge in [0, 0.05) is 16.7 Å². The number of sulfone groups is 1. The van der Waals surface area contributed by atoms with Crippen molar-refractivity contribution >= 4 is 20.9 Å². The third-order valence-corrected chi connectivity index (χ3v) is 7.65. The van der Waals surface area contributed by atoms with Crippen LogP contribution in [0.5, 0.6) is 0 Å². The number of fused-ring (bicyclic) bond motifs is 1. The number of hydrogen-bond donors (Lipinski definition) is 1. The molecule has 178 valence electrons. The highest BCUT2D eigenvalue weighted by Gasteiger charge is 2.18. The Morgan fingerprint density at radius 2 is 1.63 bits per heavy atom. The zero-order chi connectivity index (χ0) is 24.3. The van der Waals surface area contributed by atoms with Gasteiger partial charge in [-0.25, -0.2) is 22.8 Å². The van der Waals surface area contributed by atoms with E-state index < -0.39 is 9.84 Å². The molecule has 0 aliphatic carbocycles. The van der Waals surface area contributed by atoms with E-state index in [2.05, 4.69) is 20.2 Å². The summed E-state index contributed by atoms with van der Waals surface area (Å²) in [6.45, 7) is 0. The number of hydrogen-bond acceptors (Lipinski definition) is 6. The van der Waals surface area contributed by atoms with E-state index >= 15 is 0 Å². The summed E-state index contributed by atoms with van der Waals surface area (Å²) in [4.78, 5) is 8.71. The van der Waals surface area contributed by atoms with E-state index in [1.807, 2.05) is 36.4 Å². The summed E-state index contributed by atoms with van der Waals surface area (Å²) in [6, 6.07) is 18.0. The van der Waals surface area contributed by atoms with Gasteiger partial charge in [-0.2, -0.15) is 5.10 Å². The molecule has 7 nitrogen and oxygen atoms in total. The molecule has 0 saturated carbocycles. The van der Waals surface area contributed by atoms with Gasteiger partial charge in [0.05, 0.1) is 34.5 Å². The van der Waals surface area contributed by atoms with E-state index in [1.54, 1.807) is 18.3 Å². The van der Waals surface area contributed by atoms with E-state index in [-0.39, 0.29) is 5.82 Å². The molecule has 3 aromatic heterocycles. The summed E-state index contributed by atoms with van der Waals surface area (Å²) < 4.78 is 40.5. The average molecular weight is 491 g/mol. The van der Waals surface area contributed by atoms with Crippen LogP contribution in [0.2, 0.25) is 0 Å². The van der Waals surface area contributed by atoms with Crippen molar-refractivity contribution in [2.75, 3.05) is 11.5 Å². The normalized spacial score (nSPS) is 14.9. The summed E-state index contributed by atoms with van der Waals surface area (Å²) >= 11 is 0. The maximum absolute atomic E-state index is 13.3. The topological polar surface area (TPSA) is 102 Å². The zero-order valence-corrected chi connectivity index (χ0v) is 19.6. The Kier molecular flexibility index (Phi) is 6.41. The second-order valence-corrected chi connectivity index (χ2v) is 10.6. The Balaban J connectivity index is 0.000000271. The summed E-state index contributed by atoms with van der Waals surface area (Å²) in [5, 5.41) is 7.93. The lowest BCUT2D eigenvalue weighted by Gasteiger charge is -2.08. The van der Waals surface area contributed by atoms with E-state index in [1.165, 1.54) is 18.5 Å². The lowest BCUT2D eigenvalue weighted by atomic mass is 10.0. The van der Waals surface area contributed by atoms with Gasteiger partial charge in [0.2, 0.25) is 5.71 Å². The molecule has 0 spiro atoms. The average Bonchev–Trinajstić information content (AvgIpc) is 3.53. The van der Waals surface area contributed by atoms with Gasteiger partial charge in [0.1, 0.15) is 27.7 Å². The monoisotopic (exact) mass is 490 g/mol. The van der Waals surface area contributed by atoms with Crippen LogP contribution in [0.1, 0.15) is 19.3 Å². The lowest BCUT2D eigenvalue weighted by molar-refractivity contribution is 0.575. The lowest BCUT2D eigenvalue weighted by Crippen LogP contribution is -2.15. The third-order valence-electron chi connectivity index (χ3n) is 5.83. The van der Waals surface area contributed by atoms with Crippen LogP contribution in [0, 0.1) is 5.82 Å². The van der Waals surface area contributed by atoms with Gasteiger partial charge < -0.3 is 4.42 Å². The van der Waals surface area contributed by atoms with Gasteiger partial charge in [-0.3, -0.25) is 5.10 Å². The number of furan rings is 1. The molecule has 6 rings (SSSR count). The van der Waals surface area contributed by atoms with Crippen LogP contribution in [0.4, 0.5) is 4.39 Å². The molecular weight excluding hydrogens is 467 g/mol. The fraction of sp³-hybridized carbons (Fsp3) is 0.192. The van der Waals surface area contributed by atoms with E-state index in [4.69, 9.17) is 4.42 Å². The molecule has 9 heteroatoms. The Bertz CT molecular complexity index is 1530. The van der Waals surface area contributed by atoms with Crippen molar-refractivity contribution in [3.63, 3.8) is 0 Å². The van der Waals surface area contributed by atoms with Crippen molar-refractivity contribution < 1.29 is 17.2 Å². The number of halogens is 1. The summed E-state index contributed by atoms with van der Waals surface area (Å²) in [5.74, 6) is 1.28. The molecule has 0 radical (unpaired) electrons. The van der Waals surface area contributed by atoms with Gasteiger partial charge in [-0.1, -0.05) is 36.8 Å². The highest BCUT2D eigenvalue weighted by Crippen LogP contribution is 2.35. The molecule has 2 aromatic carbocycles. The largest absolute Gasteiger partial charge is 0.438 e. The van der Waals surface area contributed by atoms with Crippen LogP contribution in [0.15, 0.2) is 77.6 Å². The first-order valence-corrected chi connectivity index (χ1v) is 13.1. The molecular formula is C26H23FN4O3S. The van der Waals surface area contributed by atoms with Crippen molar-refractivity contribution in [2.45, 2.75) is 19.3 Å². The molecule has 0 unspecified atom stereocenters. The van der Waals surface area contributed by atoms with Gasteiger partial charge in [0.15, 0.2) is 0 Å². The maximum Gasteiger partial charge on any atom is 0.230 e. The third kappa shape index (κ3) is 5.14. The SMILES string of the molecule is Fc1ccc(-c2[nH]ncc2-c2ncnc3oc(-c4ccccc4)cc23)cc1.O=S1(=O)CCCCC1. The van der Waals surface area contributed by atoms with Crippen LogP contribution >= 0.6 is 0 Å². The number of benzene rings is 2. The number of H-pyrrole nitrogens is 1. The predicted molar refractivity (Wildman–Crippen MR) is 133 cm³/mol. The fourth-order valence-electron chi connectivity index (χ4n) is 4.04. The first kappa shape index (κ1) is 22.9. The number of aromatic amines is 1. The Morgan fingerprint density at radius 1 is 0.886 bits per heavy atom. The van der Waals surface area contributed by atoms with Gasteiger partial charge >= 0.3 is 0 Å². The van der Waals surface area contributed by atoms with E-state index in [0.29, 0.717) is 22.9 Å². The molecule has 1 saturated heterocycles. The molecule has 1 fully saturated rings. The molecule has 0 bridgehead atoms. The number of rotatable bonds is 3. The van der Waals surface area contributed by atoms with Gasteiger partial charge in [0.25, 0.3) is 0 Å². The zero-order valence-electron chi connectivity index (χ0n) is 18.8.